The van der Waals surface area contributed by atoms with Crippen LogP contribution in [0.15, 0.2) is 49.1 Å². The van der Waals surface area contributed by atoms with Crippen LogP contribution in [0, 0.1) is 0 Å². The molecule has 1 unspecified atom stereocenters. The number of hydrogen-bond donors (Lipinski definition) is 0. The minimum Gasteiger partial charge on any atom is -0.490 e. The van der Waals surface area contributed by atoms with Crippen molar-refractivity contribution in [2.24, 2.45) is 0 Å². The van der Waals surface area contributed by atoms with Gasteiger partial charge in [0, 0.05) is 16.2 Å². The van der Waals surface area contributed by atoms with E-state index in [0.29, 0.717) is 74.0 Å². The summed E-state index contributed by atoms with van der Waals surface area (Å²) in [5.41, 5.74) is 0. The molecule has 308 valence electrons. The van der Waals surface area contributed by atoms with Crippen LogP contribution in [0.3, 0.4) is 0 Å². The first-order chi connectivity index (χ1) is 27.5. The van der Waals surface area contributed by atoms with E-state index in [2.05, 4.69) is 77.6 Å². The molecule has 0 aromatic heterocycles. The quantitative estimate of drug-likeness (QED) is 0.0297. The third-order valence-corrected chi connectivity index (χ3v) is 10.3. The maximum absolute atomic E-state index is 13.4. The molecule has 0 aliphatic rings. The zero-order valence-electron chi connectivity index (χ0n) is 35.5. The number of fused-ring (bicyclic) bond motifs is 6. The molecular weight excluding hydrogens is 701 g/mol. The van der Waals surface area contributed by atoms with E-state index in [-0.39, 0.29) is 5.78 Å². The second-order valence-corrected chi connectivity index (χ2v) is 14.8. The lowest BCUT2D eigenvalue weighted by molar-refractivity contribution is -0.121. The average Bonchev–Trinajstić information content (AvgIpc) is 3.22. The fraction of sp³-hybridized carbons (Fsp3) is 0.571. The zero-order valence-corrected chi connectivity index (χ0v) is 35.5. The van der Waals surface area contributed by atoms with E-state index >= 15 is 0 Å². The Hall–Kier alpha value is -4.13. The van der Waals surface area contributed by atoms with Crippen LogP contribution in [0.5, 0.6) is 34.5 Å². The molecule has 0 saturated carbocycles. The van der Waals surface area contributed by atoms with Crippen molar-refractivity contribution in [3.05, 3.63) is 49.1 Å². The number of ketones is 1. The van der Waals surface area contributed by atoms with E-state index < -0.39 is 6.10 Å². The zero-order chi connectivity index (χ0) is 40.1. The van der Waals surface area contributed by atoms with Crippen LogP contribution in [0.25, 0.3) is 32.3 Å². The summed E-state index contributed by atoms with van der Waals surface area (Å²) < 4.78 is 41.1. The molecule has 1 atom stereocenters. The van der Waals surface area contributed by atoms with Crippen molar-refractivity contribution in [3.8, 4) is 34.5 Å². The normalized spacial score (nSPS) is 11.9. The summed E-state index contributed by atoms with van der Waals surface area (Å²) in [5, 5.41) is 5.53. The predicted octanol–water partition coefficient (Wildman–Crippen LogP) is 13.9. The van der Waals surface area contributed by atoms with Gasteiger partial charge in [0.05, 0.1) is 33.0 Å². The minimum absolute atomic E-state index is 0.185. The van der Waals surface area contributed by atoms with Gasteiger partial charge in [-0.2, -0.15) is 0 Å². The Morgan fingerprint density at radius 1 is 0.500 bits per heavy atom. The smallest absolute Gasteiger partial charge is 0.208 e. The molecule has 0 fully saturated rings. The van der Waals surface area contributed by atoms with Crippen LogP contribution in [-0.2, 0) is 4.79 Å². The van der Waals surface area contributed by atoms with Crippen molar-refractivity contribution in [1.82, 2.24) is 0 Å². The summed E-state index contributed by atoms with van der Waals surface area (Å²) in [5.74, 6) is 3.31. The Morgan fingerprint density at radius 3 is 1.43 bits per heavy atom. The van der Waals surface area contributed by atoms with Crippen LogP contribution in [-0.4, -0.2) is 44.9 Å². The highest BCUT2D eigenvalue weighted by atomic mass is 16.6. The van der Waals surface area contributed by atoms with Crippen LogP contribution in [0.4, 0.5) is 0 Å². The van der Waals surface area contributed by atoms with E-state index in [0.717, 1.165) is 129 Å². The third kappa shape index (κ3) is 11.5. The summed E-state index contributed by atoms with van der Waals surface area (Å²) in [6.45, 7) is 19.3. The average molecular weight is 771 g/mol. The van der Waals surface area contributed by atoms with Crippen LogP contribution < -0.4 is 28.4 Å². The fourth-order valence-electron chi connectivity index (χ4n) is 7.15. The third-order valence-electron chi connectivity index (χ3n) is 10.3. The molecule has 4 rings (SSSR count). The summed E-state index contributed by atoms with van der Waals surface area (Å²) in [7, 11) is 0. The molecular formula is C49H70O7. The minimum atomic E-state index is -0.773. The second-order valence-electron chi connectivity index (χ2n) is 14.8. The van der Waals surface area contributed by atoms with Gasteiger partial charge < -0.3 is 28.4 Å². The number of rotatable bonds is 30. The van der Waals surface area contributed by atoms with Gasteiger partial charge in [0.1, 0.15) is 0 Å². The molecule has 0 spiro atoms. The number of hydrogen-bond acceptors (Lipinski definition) is 7. The highest BCUT2D eigenvalue weighted by Gasteiger charge is 2.32. The molecule has 0 heterocycles. The maximum Gasteiger partial charge on any atom is 0.208 e. The van der Waals surface area contributed by atoms with Crippen molar-refractivity contribution in [2.45, 2.75) is 150 Å². The van der Waals surface area contributed by atoms with Crippen molar-refractivity contribution < 1.29 is 33.2 Å². The molecule has 0 saturated heterocycles. The summed E-state index contributed by atoms with van der Waals surface area (Å²) in [6.07, 6.45) is 16.2. The van der Waals surface area contributed by atoms with Crippen LogP contribution in [0.1, 0.15) is 144 Å². The lowest BCUT2D eigenvalue weighted by Gasteiger charge is -2.27. The van der Waals surface area contributed by atoms with E-state index in [1.807, 2.05) is 6.92 Å². The van der Waals surface area contributed by atoms with Crippen molar-refractivity contribution in [3.63, 3.8) is 0 Å². The van der Waals surface area contributed by atoms with Crippen molar-refractivity contribution in [2.75, 3.05) is 33.0 Å². The number of benzene rings is 4. The molecule has 0 aliphatic carbocycles. The molecule has 0 aliphatic heterocycles. The molecule has 7 heteroatoms. The molecule has 0 amide bonds. The van der Waals surface area contributed by atoms with E-state index in [4.69, 9.17) is 28.4 Å². The summed E-state index contributed by atoms with van der Waals surface area (Å²) >= 11 is 0. The molecule has 4 aromatic carbocycles. The lowest BCUT2D eigenvalue weighted by Crippen LogP contribution is -2.25. The topological polar surface area (TPSA) is 72.5 Å². The van der Waals surface area contributed by atoms with Crippen molar-refractivity contribution >= 4 is 38.1 Å². The van der Waals surface area contributed by atoms with Crippen molar-refractivity contribution in [1.29, 1.82) is 0 Å². The number of unbranched alkanes of at least 4 members (excludes halogenated alkanes) is 10. The van der Waals surface area contributed by atoms with Gasteiger partial charge in [0.25, 0.3) is 0 Å². The molecule has 0 bridgehead atoms. The summed E-state index contributed by atoms with van der Waals surface area (Å²) in [4.78, 5) is 13.4. The molecule has 0 radical (unpaired) electrons. The largest absolute Gasteiger partial charge is 0.490 e. The second kappa shape index (κ2) is 24.5. The van der Waals surface area contributed by atoms with Crippen LogP contribution >= 0.6 is 0 Å². The van der Waals surface area contributed by atoms with Gasteiger partial charge in [-0.05, 0) is 72.9 Å². The van der Waals surface area contributed by atoms with E-state index in [1.54, 1.807) is 0 Å². The van der Waals surface area contributed by atoms with Gasteiger partial charge in [0.15, 0.2) is 34.9 Å². The standard InChI is InChI=1S/C49H70O7/c1-8-15-22-31-51-41-30-29-38-36-27-20-21-28-37(36)43-44(42(38)45(41)52-32-23-16-9-2)46(53-33-24-17-10-3)48(54-34-25-18-11-4)49(55-35-26-19-12-5)47(43)56-40(14-7)39(50)13-6/h13,20-21,27-30,40H,6,8-12,14-19,22-26,31-35H2,1-5,7H3. The predicted molar refractivity (Wildman–Crippen MR) is 234 cm³/mol. The Labute approximate surface area is 337 Å². The maximum atomic E-state index is 13.4. The number of ether oxygens (including phenoxy) is 6. The summed E-state index contributed by atoms with van der Waals surface area (Å²) in [6, 6.07) is 12.6. The molecule has 4 aromatic rings. The highest BCUT2D eigenvalue weighted by molar-refractivity contribution is 6.31. The Morgan fingerprint density at radius 2 is 0.929 bits per heavy atom. The van der Waals surface area contributed by atoms with Gasteiger partial charge in [-0.15, -0.1) is 0 Å². The molecule has 0 N–H and O–H groups in total. The fourth-order valence-corrected chi connectivity index (χ4v) is 7.15. The lowest BCUT2D eigenvalue weighted by atomic mass is 9.91. The van der Waals surface area contributed by atoms with Gasteiger partial charge in [0.2, 0.25) is 11.5 Å². The van der Waals surface area contributed by atoms with E-state index in [1.165, 1.54) is 6.08 Å². The molecule has 56 heavy (non-hydrogen) atoms. The SMILES string of the molecule is C=CC(=O)C(CC)Oc1c(OCCCCC)c(OCCCCC)c(OCCCCC)c2c3c(OCCCCC)c(OCCCCC)ccc3c3ccccc3c12. The Kier molecular flexibility index (Phi) is 19.5. The van der Waals surface area contributed by atoms with E-state index in [9.17, 15) is 4.79 Å². The first-order valence-electron chi connectivity index (χ1n) is 22.0. The number of carbonyl (C=O) groups excluding carboxylic acids is 1. The first-order valence-corrected chi connectivity index (χ1v) is 22.0. The van der Waals surface area contributed by atoms with Gasteiger partial charge >= 0.3 is 0 Å². The Bertz CT molecular complexity index is 1810. The van der Waals surface area contributed by atoms with Gasteiger partial charge in [-0.3, -0.25) is 4.79 Å². The number of carbonyl (C=O) groups is 1. The Balaban J connectivity index is 2.25. The monoisotopic (exact) mass is 771 g/mol. The first kappa shape index (κ1) is 44.6. The van der Waals surface area contributed by atoms with Gasteiger partial charge in [-0.25, -0.2) is 0 Å². The highest BCUT2D eigenvalue weighted by Crippen LogP contribution is 2.58. The van der Waals surface area contributed by atoms with Crippen LogP contribution in [0.2, 0.25) is 0 Å². The van der Waals surface area contributed by atoms with Gasteiger partial charge in [-0.1, -0.05) is 137 Å². The molecule has 7 nitrogen and oxygen atoms in total.